The molecule has 0 saturated heterocycles. The Morgan fingerprint density at radius 1 is 1.16 bits per heavy atom. The van der Waals surface area contributed by atoms with Crippen LogP contribution in [0, 0.1) is 0 Å². The lowest BCUT2D eigenvalue weighted by Crippen LogP contribution is -2.13. The highest BCUT2D eigenvalue weighted by atomic mass is 16.5. The molecule has 1 saturated carbocycles. The number of rotatable bonds is 3. The van der Waals surface area contributed by atoms with Gasteiger partial charge in [-0.3, -0.25) is 5.32 Å². The van der Waals surface area contributed by atoms with Gasteiger partial charge in [0.2, 0.25) is 0 Å². The Morgan fingerprint density at radius 2 is 1.79 bits per heavy atom. The normalized spacial score (nSPS) is 16.7. The highest BCUT2D eigenvalue weighted by Gasteiger charge is 2.14. The maximum Gasteiger partial charge on any atom is 0.411 e. The predicted molar refractivity (Wildman–Crippen MR) is 77.5 cm³/mol. The van der Waals surface area contributed by atoms with Gasteiger partial charge in [0, 0.05) is 5.69 Å². The van der Waals surface area contributed by atoms with Gasteiger partial charge in [-0.25, -0.2) is 4.79 Å². The third-order valence-electron chi connectivity index (χ3n) is 3.76. The van der Waals surface area contributed by atoms with Gasteiger partial charge in [0.1, 0.15) is 0 Å². The number of hydrogen-bond donors (Lipinski definition) is 1. The summed E-state index contributed by atoms with van der Waals surface area (Å²) in [5.41, 5.74) is 2.20. The quantitative estimate of drug-likeness (QED) is 0.801. The fourth-order valence-corrected chi connectivity index (χ4v) is 2.74. The van der Waals surface area contributed by atoms with Gasteiger partial charge in [-0.2, -0.15) is 0 Å². The van der Waals surface area contributed by atoms with Crippen LogP contribution in [0.2, 0.25) is 0 Å². The minimum absolute atomic E-state index is 0.385. The Bertz CT molecular complexity index is 392. The van der Waals surface area contributed by atoms with Crippen molar-refractivity contribution in [3.8, 4) is 0 Å². The van der Waals surface area contributed by atoms with Gasteiger partial charge in [-0.05, 0) is 43.4 Å². The van der Waals surface area contributed by atoms with Crippen LogP contribution in [0.5, 0.6) is 0 Å². The smallest absolute Gasteiger partial charge is 0.411 e. The summed E-state index contributed by atoms with van der Waals surface area (Å²) in [4.78, 5) is 11.3. The predicted octanol–water partition coefficient (Wildman–Crippen LogP) is 4.69. The first-order valence-electron chi connectivity index (χ1n) is 7.33. The fraction of sp³-hybridized carbons (Fsp3) is 0.562. The third-order valence-corrected chi connectivity index (χ3v) is 3.76. The van der Waals surface area contributed by atoms with E-state index < -0.39 is 0 Å². The number of ether oxygens (including phenoxy) is 1. The molecule has 0 unspecified atom stereocenters. The molecule has 2 rings (SSSR count). The van der Waals surface area contributed by atoms with Crippen LogP contribution in [0.3, 0.4) is 0 Å². The zero-order valence-corrected chi connectivity index (χ0v) is 11.7. The van der Waals surface area contributed by atoms with Crippen molar-refractivity contribution >= 4 is 11.8 Å². The van der Waals surface area contributed by atoms with Gasteiger partial charge >= 0.3 is 6.09 Å². The van der Waals surface area contributed by atoms with E-state index >= 15 is 0 Å². The second-order valence-corrected chi connectivity index (χ2v) is 5.16. The first kappa shape index (κ1) is 13.9. The Morgan fingerprint density at radius 3 is 2.37 bits per heavy atom. The summed E-state index contributed by atoms with van der Waals surface area (Å²) in [6.45, 7) is 2.20. The van der Waals surface area contributed by atoms with E-state index in [-0.39, 0.29) is 6.09 Å². The summed E-state index contributed by atoms with van der Waals surface area (Å²) < 4.78 is 4.86. The van der Waals surface area contributed by atoms with Crippen LogP contribution in [0.25, 0.3) is 0 Å². The van der Waals surface area contributed by atoms with Crippen molar-refractivity contribution in [1.29, 1.82) is 0 Å². The van der Waals surface area contributed by atoms with E-state index in [0.717, 1.165) is 5.69 Å². The summed E-state index contributed by atoms with van der Waals surface area (Å²) in [6.07, 6.45) is 7.64. The van der Waals surface area contributed by atoms with Gasteiger partial charge in [0.15, 0.2) is 0 Å². The summed E-state index contributed by atoms with van der Waals surface area (Å²) >= 11 is 0. The highest BCUT2D eigenvalue weighted by Crippen LogP contribution is 2.31. The number of benzene rings is 1. The molecule has 1 N–H and O–H groups in total. The SMILES string of the molecule is CCOC(=O)Nc1ccc(C2CCCCCC2)cc1. The van der Waals surface area contributed by atoms with Crippen LogP contribution in [-0.4, -0.2) is 12.7 Å². The molecule has 0 atom stereocenters. The van der Waals surface area contributed by atoms with Crippen LogP contribution >= 0.6 is 0 Å². The second-order valence-electron chi connectivity index (χ2n) is 5.16. The van der Waals surface area contributed by atoms with Crippen molar-refractivity contribution in [2.24, 2.45) is 0 Å². The van der Waals surface area contributed by atoms with Crippen LogP contribution in [0.1, 0.15) is 56.9 Å². The molecule has 3 heteroatoms. The average Bonchev–Trinajstić information content (AvgIpc) is 2.69. The minimum atomic E-state index is -0.385. The third kappa shape index (κ3) is 4.27. The largest absolute Gasteiger partial charge is 0.450 e. The summed E-state index contributed by atoms with van der Waals surface area (Å²) in [5.74, 6) is 0.694. The maximum atomic E-state index is 11.3. The monoisotopic (exact) mass is 261 g/mol. The molecule has 1 aliphatic carbocycles. The molecule has 0 bridgehead atoms. The topological polar surface area (TPSA) is 38.3 Å². The number of carbonyl (C=O) groups excluding carboxylic acids is 1. The Hall–Kier alpha value is -1.51. The highest BCUT2D eigenvalue weighted by molar-refractivity contribution is 5.84. The van der Waals surface area contributed by atoms with Crippen molar-refractivity contribution in [2.75, 3.05) is 11.9 Å². The van der Waals surface area contributed by atoms with E-state index in [4.69, 9.17) is 4.74 Å². The molecule has 0 aromatic heterocycles. The molecule has 3 nitrogen and oxygen atoms in total. The first-order chi connectivity index (χ1) is 9.29. The number of nitrogens with one attached hydrogen (secondary N) is 1. The number of anilines is 1. The van der Waals surface area contributed by atoms with Crippen molar-refractivity contribution in [3.05, 3.63) is 29.8 Å². The molecule has 0 aliphatic heterocycles. The van der Waals surface area contributed by atoms with Crippen LogP contribution in [-0.2, 0) is 4.74 Å². The molecule has 0 radical (unpaired) electrons. The van der Waals surface area contributed by atoms with Crippen molar-refractivity contribution in [2.45, 2.75) is 51.4 Å². The van der Waals surface area contributed by atoms with Gasteiger partial charge < -0.3 is 4.74 Å². The first-order valence-corrected chi connectivity index (χ1v) is 7.33. The number of hydrogen-bond acceptors (Lipinski definition) is 2. The summed E-state index contributed by atoms with van der Waals surface area (Å²) in [5, 5.41) is 2.72. The van der Waals surface area contributed by atoms with E-state index in [9.17, 15) is 4.79 Å². The van der Waals surface area contributed by atoms with E-state index in [2.05, 4.69) is 17.4 Å². The Labute approximate surface area is 115 Å². The van der Waals surface area contributed by atoms with Gasteiger partial charge in [0.25, 0.3) is 0 Å². The van der Waals surface area contributed by atoms with Crippen molar-refractivity contribution in [1.82, 2.24) is 0 Å². The minimum Gasteiger partial charge on any atom is -0.450 e. The molecular formula is C16H23NO2. The molecule has 1 aliphatic rings. The van der Waals surface area contributed by atoms with Crippen LogP contribution in [0.4, 0.5) is 10.5 Å². The lowest BCUT2D eigenvalue weighted by Gasteiger charge is -2.15. The van der Waals surface area contributed by atoms with Crippen LogP contribution < -0.4 is 5.32 Å². The van der Waals surface area contributed by atoms with E-state index in [1.807, 2.05) is 12.1 Å². The molecule has 0 heterocycles. The standard InChI is InChI=1S/C16H23NO2/c1-2-19-16(18)17-15-11-9-14(10-12-15)13-7-5-3-4-6-8-13/h9-13H,2-8H2,1H3,(H,17,18). The molecule has 1 aromatic carbocycles. The molecule has 19 heavy (non-hydrogen) atoms. The van der Waals surface area contributed by atoms with E-state index in [0.29, 0.717) is 12.5 Å². The molecule has 1 fully saturated rings. The van der Waals surface area contributed by atoms with Gasteiger partial charge in [-0.15, -0.1) is 0 Å². The maximum absolute atomic E-state index is 11.3. The van der Waals surface area contributed by atoms with Gasteiger partial charge in [-0.1, -0.05) is 37.8 Å². The molecule has 1 aromatic rings. The van der Waals surface area contributed by atoms with Gasteiger partial charge in [0.05, 0.1) is 6.61 Å². The number of carbonyl (C=O) groups is 1. The summed E-state index contributed by atoms with van der Waals surface area (Å²) in [6, 6.07) is 8.21. The van der Waals surface area contributed by atoms with E-state index in [1.54, 1.807) is 6.92 Å². The fourth-order valence-electron chi connectivity index (χ4n) is 2.74. The molecule has 1 amide bonds. The Kier molecular flexibility index (Phi) is 5.25. The molecular weight excluding hydrogens is 238 g/mol. The van der Waals surface area contributed by atoms with E-state index in [1.165, 1.54) is 44.1 Å². The Balaban J connectivity index is 1.95. The second kappa shape index (κ2) is 7.17. The lowest BCUT2D eigenvalue weighted by atomic mass is 9.92. The summed E-state index contributed by atoms with van der Waals surface area (Å²) in [7, 11) is 0. The van der Waals surface area contributed by atoms with Crippen LogP contribution in [0.15, 0.2) is 24.3 Å². The zero-order valence-electron chi connectivity index (χ0n) is 11.7. The molecule has 104 valence electrons. The molecule has 0 spiro atoms. The number of amides is 1. The average molecular weight is 261 g/mol. The zero-order chi connectivity index (χ0) is 13.5. The van der Waals surface area contributed by atoms with Crippen molar-refractivity contribution in [3.63, 3.8) is 0 Å². The lowest BCUT2D eigenvalue weighted by molar-refractivity contribution is 0.168. The van der Waals surface area contributed by atoms with Crippen molar-refractivity contribution < 1.29 is 9.53 Å².